The van der Waals surface area contributed by atoms with Crippen molar-refractivity contribution in [3.63, 3.8) is 0 Å². The molecule has 3 aromatic carbocycles. The summed E-state index contributed by atoms with van der Waals surface area (Å²) in [7, 11) is 0. The lowest BCUT2D eigenvalue weighted by Crippen LogP contribution is -2.54. The third kappa shape index (κ3) is 4.48. The van der Waals surface area contributed by atoms with Crippen LogP contribution >= 0.6 is 23.4 Å². The molecule has 1 aliphatic rings. The summed E-state index contributed by atoms with van der Waals surface area (Å²) in [4.78, 5) is 23.5. The van der Waals surface area contributed by atoms with Gasteiger partial charge in [0.05, 0.1) is 4.90 Å². The van der Waals surface area contributed by atoms with Gasteiger partial charge in [-0.15, -0.1) is 0 Å². The second-order valence-corrected chi connectivity index (χ2v) is 10.1. The van der Waals surface area contributed by atoms with Gasteiger partial charge in [-0.3, -0.25) is 4.79 Å². The fourth-order valence-electron chi connectivity index (χ4n) is 4.48. The Balaban J connectivity index is 1.42. The van der Waals surface area contributed by atoms with E-state index in [4.69, 9.17) is 11.6 Å². The van der Waals surface area contributed by atoms with E-state index in [1.165, 1.54) is 11.3 Å². The number of piperazine rings is 1. The van der Waals surface area contributed by atoms with Crippen molar-refractivity contribution in [2.45, 2.75) is 29.7 Å². The van der Waals surface area contributed by atoms with E-state index in [-0.39, 0.29) is 11.9 Å². The lowest BCUT2D eigenvalue weighted by atomic mass is 10.1. The maximum absolute atomic E-state index is 13.7. The number of rotatable bonds is 4. The first-order valence-corrected chi connectivity index (χ1v) is 12.4. The van der Waals surface area contributed by atoms with Gasteiger partial charge in [-0.05, 0) is 61.9 Å². The molecule has 33 heavy (non-hydrogen) atoms. The molecule has 1 fully saturated rings. The van der Waals surface area contributed by atoms with Crippen LogP contribution in [0.3, 0.4) is 0 Å². The van der Waals surface area contributed by atoms with Crippen LogP contribution in [0.25, 0.3) is 10.9 Å². The number of H-pyrrole nitrogens is 1. The fourth-order valence-corrected chi connectivity index (χ4v) is 5.65. The number of carbonyl (C=O) groups is 1. The number of para-hydroxylation sites is 1. The summed E-state index contributed by atoms with van der Waals surface area (Å²) in [5, 5.41) is 1.77. The monoisotopic (exact) mass is 475 g/mol. The van der Waals surface area contributed by atoms with E-state index < -0.39 is 0 Å². The van der Waals surface area contributed by atoms with Crippen molar-refractivity contribution >= 4 is 45.9 Å². The van der Waals surface area contributed by atoms with Gasteiger partial charge >= 0.3 is 0 Å². The number of nitrogens with one attached hydrogen (secondary N) is 1. The standard InChI is InChI=1S/C27H26ClN3OS/c1-18-6-5-7-21(16-18)31-15-14-30(17-19(31)2)27(32)25-26(23-8-3-4-9-24(23)29-25)33-22-12-10-20(28)11-13-22/h3-13,16,19,29H,14-15,17H2,1-2H3. The average Bonchev–Trinajstić information content (AvgIpc) is 3.18. The number of hydrogen-bond donors (Lipinski definition) is 1. The minimum absolute atomic E-state index is 0.0541. The van der Waals surface area contributed by atoms with Gasteiger partial charge in [-0.1, -0.05) is 53.7 Å². The van der Waals surface area contributed by atoms with Gasteiger partial charge in [-0.25, -0.2) is 0 Å². The van der Waals surface area contributed by atoms with Gasteiger partial charge in [0, 0.05) is 52.2 Å². The van der Waals surface area contributed by atoms with Gasteiger partial charge in [0.1, 0.15) is 5.69 Å². The van der Waals surface area contributed by atoms with Crippen molar-refractivity contribution in [2.24, 2.45) is 0 Å². The van der Waals surface area contributed by atoms with Crippen LogP contribution in [0.2, 0.25) is 5.02 Å². The summed E-state index contributed by atoms with van der Waals surface area (Å²) in [6.45, 7) is 6.50. The predicted molar refractivity (Wildman–Crippen MR) is 138 cm³/mol. The number of anilines is 1. The summed E-state index contributed by atoms with van der Waals surface area (Å²) >= 11 is 7.67. The molecule has 0 radical (unpaired) electrons. The Morgan fingerprint density at radius 1 is 1.03 bits per heavy atom. The highest BCUT2D eigenvalue weighted by atomic mass is 35.5. The van der Waals surface area contributed by atoms with E-state index >= 15 is 0 Å². The Labute approximate surface area is 203 Å². The number of nitrogens with zero attached hydrogens (tertiary/aromatic N) is 2. The number of aromatic amines is 1. The van der Waals surface area contributed by atoms with Crippen LogP contribution in [0.4, 0.5) is 5.69 Å². The van der Waals surface area contributed by atoms with Crippen molar-refractivity contribution in [3.05, 3.63) is 89.1 Å². The molecule has 1 aliphatic heterocycles. The molecule has 1 unspecified atom stereocenters. The molecule has 1 atom stereocenters. The zero-order valence-electron chi connectivity index (χ0n) is 18.7. The predicted octanol–water partition coefficient (Wildman–Crippen LogP) is 6.63. The highest BCUT2D eigenvalue weighted by Gasteiger charge is 2.30. The van der Waals surface area contributed by atoms with Gasteiger partial charge in [0.15, 0.2) is 0 Å². The maximum Gasteiger partial charge on any atom is 0.271 e. The molecule has 0 aliphatic carbocycles. The Bertz CT molecular complexity index is 1300. The molecular formula is C27H26ClN3OS. The molecule has 2 heterocycles. The van der Waals surface area contributed by atoms with Crippen LogP contribution in [0.15, 0.2) is 82.6 Å². The lowest BCUT2D eigenvalue weighted by molar-refractivity contribution is 0.0718. The van der Waals surface area contributed by atoms with Crippen molar-refractivity contribution in [1.82, 2.24) is 9.88 Å². The Kier molecular flexibility index (Phi) is 6.09. The molecule has 4 nitrogen and oxygen atoms in total. The van der Waals surface area contributed by atoms with Crippen molar-refractivity contribution in [1.29, 1.82) is 0 Å². The molecule has 1 amide bonds. The molecular weight excluding hydrogens is 450 g/mol. The number of fused-ring (bicyclic) bond motifs is 1. The maximum atomic E-state index is 13.7. The molecule has 1 N–H and O–H groups in total. The number of amides is 1. The van der Waals surface area contributed by atoms with E-state index in [9.17, 15) is 4.79 Å². The van der Waals surface area contributed by atoms with Gasteiger partial charge in [-0.2, -0.15) is 0 Å². The van der Waals surface area contributed by atoms with Crippen molar-refractivity contribution in [3.8, 4) is 0 Å². The van der Waals surface area contributed by atoms with Crippen molar-refractivity contribution in [2.75, 3.05) is 24.5 Å². The molecule has 0 saturated carbocycles. The molecule has 5 rings (SSSR count). The molecule has 1 saturated heterocycles. The number of aromatic nitrogens is 1. The van der Waals surface area contributed by atoms with Crippen LogP contribution in [0.1, 0.15) is 23.0 Å². The molecule has 1 aromatic heterocycles. The zero-order chi connectivity index (χ0) is 22.9. The summed E-state index contributed by atoms with van der Waals surface area (Å²) in [5.41, 5.74) is 4.11. The van der Waals surface area contributed by atoms with E-state index in [2.05, 4.69) is 54.1 Å². The van der Waals surface area contributed by atoms with Gasteiger partial charge < -0.3 is 14.8 Å². The van der Waals surface area contributed by atoms with Crippen LogP contribution in [-0.2, 0) is 0 Å². The molecule has 0 spiro atoms. The largest absolute Gasteiger partial charge is 0.365 e. The van der Waals surface area contributed by atoms with E-state index in [1.54, 1.807) is 11.8 Å². The smallest absolute Gasteiger partial charge is 0.271 e. The lowest BCUT2D eigenvalue weighted by Gasteiger charge is -2.41. The van der Waals surface area contributed by atoms with Crippen LogP contribution in [-0.4, -0.2) is 41.5 Å². The summed E-state index contributed by atoms with van der Waals surface area (Å²) in [5.74, 6) is 0.0541. The molecule has 0 bridgehead atoms. The highest BCUT2D eigenvalue weighted by Crippen LogP contribution is 2.38. The van der Waals surface area contributed by atoms with Crippen LogP contribution in [0, 0.1) is 6.92 Å². The van der Waals surface area contributed by atoms with Crippen LogP contribution in [0.5, 0.6) is 0 Å². The van der Waals surface area contributed by atoms with Crippen LogP contribution < -0.4 is 4.90 Å². The van der Waals surface area contributed by atoms with E-state index in [0.717, 1.165) is 27.2 Å². The molecule has 6 heteroatoms. The summed E-state index contributed by atoms with van der Waals surface area (Å²) < 4.78 is 0. The number of carbonyl (C=O) groups excluding carboxylic acids is 1. The minimum atomic E-state index is 0.0541. The minimum Gasteiger partial charge on any atom is -0.365 e. The van der Waals surface area contributed by atoms with E-state index in [1.807, 2.05) is 47.4 Å². The Hall–Kier alpha value is -2.89. The number of halogens is 1. The Morgan fingerprint density at radius 2 is 1.82 bits per heavy atom. The average molecular weight is 476 g/mol. The topological polar surface area (TPSA) is 39.3 Å². The molecule has 4 aromatic rings. The Morgan fingerprint density at radius 3 is 2.58 bits per heavy atom. The highest BCUT2D eigenvalue weighted by molar-refractivity contribution is 7.99. The number of aryl methyl sites for hydroxylation is 1. The molecule has 168 valence electrons. The summed E-state index contributed by atoms with van der Waals surface area (Å²) in [6, 6.07) is 24.7. The normalized spacial score (nSPS) is 16.4. The quantitative estimate of drug-likeness (QED) is 0.360. The van der Waals surface area contributed by atoms with Crippen molar-refractivity contribution < 1.29 is 4.79 Å². The summed E-state index contributed by atoms with van der Waals surface area (Å²) in [6.07, 6.45) is 0. The first-order valence-electron chi connectivity index (χ1n) is 11.2. The third-order valence-electron chi connectivity index (χ3n) is 6.15. The zero-order valence-corrected chi connectivity index (χ0v) is 20.3. The van der Waals surface area contributed by atoms with Gasteiger partial charge in [0.25, 0.3) is 5.91 Å². The SMILES string of the molecule is Cc1cccc(N2CCN(C(=O)c3[nH]c4ccccc4c3Sc3ccc(Cl)cc3)CC2C)c1. The van der Waals surface area contributed by atoms with Gasteiger partial charge in [0.2, 0.25) is 0 Å². The number of benzene rings is 3. The second kappa shape index (κ2) is 9.16. The second-order valence-electron chi connectivity index (χ2n) is 8.56. The number of hydrogen-bond acceptors (Lipinski definition) is 3. The first kappa shape index (κ1) is 21.9. The van der Waals surface area contributed by atoms with E-state index in [0.29, 0.717) is 23.8 Å². The first-order chi connectivity index (χ1) is 16.0. The third-order valence-corrected chi connectivity index (χ3v) is 7.54. The fraction of sp³-hybridized carbons (Fsp3) is 0.222.